The van der Waals surface area contributed by atoms with Crippen LogP contribution in [0, 0.1) is 6.92 Å². The Morgan fingerprint density at radius 3 is 2.96 bits per heavy atom. The quantitative estimate of drug-likeness (QED) is 0.707. The number of rotatable bonds is 7. The van der Waals surface area contributed by atoms with Crippen molar-refractivity contribution in [2.45, 2.75) is 39.7 Å². The van der Waals surface area contributed by atoms with Gasteiger partial charge in [0.25, 0.3) is 0 Å². The molecule has 1 amide bonds. The minimum absolute atomic E-state index is 0.0569. The average molecular weight is 346 g/mol. The van der Waals surface area contributed by atoms with E-state index in [1.54, 1.807) is 29.7 Å². The van der Waals surface area contributed by atoms with Gasteiger partial charge in [0.2, 0.25) is 17.6 Å². The number of hydrogen-bond donors (Lipinski definition) is 1. The molecule has 0 atom stereocenters. The van der Waals surface area contributed by atoms with Crippen molar-refractivity contribution in [1.82, 2.24) is 20.4 Å². The maximum atomic E-state index is 12.0. The van der Waals surface area contributed by atoms with Crippen LogP contribution in [-0.2, 0) is 24.2 Å². The molecule has 24 heavy (non-hydrogen) atoms. The van der Waals surface area contributed by atoms with E-state index in [9.17, 15) is 4.79 Å². The zero-order valence-corrected chi connectivity index (χ0v) is 14.4. The molecule has 0 aromatic carbocycles. The summed E-state index contributed by atoms with van der Waals surface area (Å²) in [4.78, 5) is 21.7. The Morgan fingerprint density at radius 2 is 2.25 bits per heavy atom. The minimum Gasteiger partial charge on any atom is -0.461 e. The third kappa shape index (κ3) is 3.88. The van der Waals surface area contributed by atoms with Crippen LogP contribution in [0.15, 0.2) is 27.3 Å². The number of amides is 1. The third-order valence-electron chi connectivity index (χ3n) is 3.46. The molecule has 126 valence electrons. The van der Waals surface area contributed by atoms with Crippen LogP contribution in [0.3, 0.4) is 0 Å². The lowest BCUT2D eigenvalue weighted by atomic mass is 10.3. The summed E-state index contributed by atoms with van der Waals surface area (Å²) in [6.45, 7) is 4.54. The molecule has 0 spiro atoms. The SMILES string of the molecule is CCc1nc(C)c(CNC(=O)CCc2nc(-c3ccco3)no2)s1. The molecule has 0 saturated carbocycles. The molecule has 3 aromatic heterocycles. The van der Waals surface area contributed by atoms with E-state index in [-0.39, 0.29) is 12.3 Å². The van der Waals surface area contributed by atoms with Crippen LogP contribution in [0.1, 0.15) is 34.8 Å². The highest BCUT2D eigenvalue weighted by Crippen LogP contribution is 2.18. The molecule has 0 saturated heterocycles. The predicted octanol–water partition coefficient (Wildman–Crippen LogP) is 2.91. The smallest absolute Gasteiger partial charge is 0.238 e. The van der Waals surface area contributed by atoms with Gasteiger partial charge in [0.15, 0.2) is 5.76 Å². The average Bonchev–Trinajstić information content (AvgIpc) is 3.31. The van der Waals surface area contributed by atoms with Gasteiger partial charge in [0.05, 0.1) is 23.5 Å². The first-order valence-corrected chi connectivity index (χ1v) is 8.55. The van der Waals surface area contributed by atoms with E-state index in [1.165, 1.54) is 0 Å². The fourth-order valence-electron chi connectivity index (χ4n) is 2.15. The van der Waals surface area contributed by atoms with Gasteiger partial charge in [-0.3, -0.25) is 4.79 Å². The van der Waals surface area contributed by atoms with Gasteiger partial charge in [-0.15, -0.1) is 11.3 Å². The summed E-state index contributed by atoms with van der Waals surface area (Å²) in [5.74, 6) is 1.29. The number of carbonyl (C=O) groups excluding carboxylic acids is 1. The summed E-state index contributed by atoms with van der Waals surface area (Å²) in [5, 5.41) is 7.83. The van der Waals surface area contributed by atoms with Crippen molar-refractivity contribution in [2.24, 2.45) is 0 Å². The maximum absolute atomic E-state index is 12.0. The first-order chi connectivity index (χ1) is 11.7. The van der Waals surface area contributed by atoms with Crippen molar-refractivity contribution in [3.05, 3.63) is 39.9 Å². The van der Waals surface area contributed by atoms with Gasteiger partial charge in [0, 0.05) is 17.7 Å². The first kappa shape index (κ1) is 16.4. The highest BCUT2D eigenvalue weighted by atomic mass is 32.1. The molecular weight excluding hydrogens is 328 g/mol. The van der Waals surface area contributed by atoms with Crippen molar-refractivity contribution in [3.63, 3.8) is 0 Å². The Balaban J connectivity index is 1.48. The molecule has 7 nitrogen and oxygen atoms in total. The Hall–Kier alpha value is -2.48. The van der Waals surface area contributed by atoms with Gasteiger partial charge >= 0.3 is 0 Å². The van der Waals surface area contributed by atoms with Crippen LogP contribution in [0.5, 0.6) is 0 Å². The molecule has 0 aliphatic carbocycles. The maximum Gasteiger partial charge on any atom is 0.238 e. The van der Waals surface area contributed by atoms with Crippen LogP contribution in [0.4, 0.5) is 0 Å². The largest absolute Gasteiger partial charge is 0.461 e. The standard InChI is InChI=1S/C16H18N4O3S/c1-3-15-18-10(2)12(24-15)9-17-13(21)6-7-14-19-16(20-23-14)11-5-4-8-22-11/h4-5,8H,3,6-7,9H2,1-2H3,(H,17,21). The molecule has 8 heteroatoms. The van der Waals surface area contributed by atoms with Gasteiger partial charge < -0.3 is 14.3 Å². The van der Waals surface area contributed by atoms with E-state index in [4.69, 9.17) is 8.94 Å². The van der Waals surface area contributed by atoms with E-state index >= 15 is 0 Å². The normalized spacial score (nSPS) is 10.9. The fourth-order valence-corrected chi connectivity index (χ4v) is 3.10. The molecule has 0 fully saturated rings. The Kier molecular flexibility index (Phi) is 5.05. The van der Waals surface area contributed by atoms with E-state index in [2.05, 4.69) is 27.4 Å². The van der Waals surface area contributed by atoms with Crippen LogP contribution in [0.2, 0.25) is 0 Å². The van der Waals surface area contributed by atoms with Gasteiger partial charge in [0.1, 0.15) is 0 Å². The molecule has 0 aliphatic rings. The van der Waals surface area contributed by atoms with Gasteiger partial charge in [-0.1, -0.05) is 12.1 Å². The summed E-state index contributed by atoms with van der Waals surface area (Å²) in [5.41, 5.74) is 0.983. The summed E-state index contributed by atoms with van der Waals surface area (Å²) < 4.78 is 10.3. The number of hydrogen-bond acceptors (Lipinski definition) is 7. The van der Waals surface area contributed by atoms with E-state index in [0.29, 0.717) is 30.4 Å². The van der Waals surface area contributed by atoms with Crippen LogP contribution >= 0.6 is 11.3 Å². The highest BCUT2D eigenvalue weighted by molar-refractivity contribution is 7.11. The van der Waals surface area contributed by atoms with Crippen molar-refractivity contribution >= 4 is 17.2 Å². The lowest BCUT2D eigenvalue weighted by molar-refractivity contribution is -0.121. The molecule has 0 unspecified atom stereocenters. The summed E-state index contributed by atoms with van der Waals surface area (Å²) in [6, 6.07) is 3.51. The van der Waals surface area contributed by atoms with Crippen LogP contribution in [0.25, 0.3) is 11.6 Å². The lowest BCUT2D eigenvalue weighted by Gasteiger charge is -2.02. The van der Waals surface area contributed by atoms with Crippen LogP contribution < -0.4 is 5.32 Å². The third-order valence-corrected chi connectivity index (χ3v) is 4.76. The highest BCUT2D eigenvalue weighted by Gasteiger charge is 2.13. The topological polar surface area (TPSA) is 94.1 Å². The molecule has 3 heterocycles. The van der Waals surface area contributed by atoms with Gasteiger partial charge in [-0.05, 0) is 25.5 Å². The summed E-state index contributed by atoms with van der Waals surface area (Å²) >= 11 is 1.64. The Labute approximate surface area is 143 Å². The Bertz CT molecular complexity index is 807. The van der Waals surface area contributed by atoms with E-state index < -0.39 is 0 Å². The zero-order chi connectivity index (χ0) is 16.9. The second-order valence-electron chi connectivity index (χ2n) is 5.24. The summed E-state index contributed by atoms with van der Waals surface area (Å²) in [6.07, 6.45) is 3.14. The monoisotopic (exact) mass is 346 g/mol. The Morgan fingerprint density at radius 1 is 1.38 bits per heavy atom. The fraction of sp³-hybridized carbons (Fsp3) is 0.375. The molecule has 3 aromatic rings. The predicted molar refractivity (Wildman–Crippen MR) is 88.4 cm³/mol. The first-order valence-electron chi connectivity index (χ1n) is 7.74. The number of nitrogens with zero attached hydrogens (tertiary/aromatic N) is 3. The molecule has 0 aliphatic heterocycles. The van der Waals surface area contributed by atoms with Gasteiger partial charge in [-0.25, -0.2) is 4.98 Å². The zero-order valence-electron chi connectivity index (χ0n) is 13.5. The minimum atomic E-state index is -0.0569. The summed E-state index contributed by atoms with van der Waals surface area (Å²) in [7, 11) is 0. The van der Waals surface area contributed by atoms with Crippen molar-refractivity contribution in [2.75, 3.05) is 0 Å². The second-order valence-corrected chi connectivity index (χ2v) is 6.40. The number of carbonyl (C=O) groups is 1. The van der Waals surface area contributed by atoms with Crippen molar-refractivity contribution in [1.29, 1.82) is 0 Å². The number of nitrogens with one attached hydrogen (secondary N) is 1. The van der Waals surface area contributed by atoms with E-state index in [0.717, 1.165) is 22.0 Å². The van der Waals surface area contributed by atoms with Gasteiger partial charge in [-0.2, -0.15) is 4.98 Å². The molecule has 1 N–H and O–H groups in total. The number of furan rings is 1. The number of aromatic nitrogens is 3. The molecular formula is C16H18N4O3S. The number of aryl methyl sites for hydroxylation is 3. The van der Waals surface area contributed by atoms with Crippen LogP contribution in [-0.4, -0.2) is 21.0 Å². The molecule has 0 bridgehead atoms. The molecule has 3 rings (SSSR count). The lowest BCUT2D eigenvalue weighted by Crippen LogP contribution is -2.22. The second kappa shape index (κ2) is 7.39. The van der Waals surface area contributed by atoms with Crippen molar-refractivity contribution in [3.8, 4) is 11.6 Å². The van der Waals surface area contributed by atoms with E-state index in [1.807, 2.05) is 6.92 Å². The molecule has 0 radical (unpaired) electrons. The van der Waals surface area contributed by atoms with Crippen molar-refractivity contribution < 1.29 is 13.7 Å². The number of thiazole rings is 1.